The first-order valence-electron chi connectivity index (χ1n) is 7.46. The van der Waals surface area contributed by atoms with Gasteiger partial charge in [-0.15, -0.1) is 0 Å². The summed E-state index contributed by atoms with van der Waals surface area (Å²) in [6.07, 6.45) is 4.35. The lowest BCUT2D eigenvalue weighted by atomic mass is 10.1. The van der Waals surface area contributed by atoms with Crippen LogP contribution in [0.15, 0.2) is 47.5 Å². The fourth-order valence-electron chi connectivity index (χ4n) is 2.67. The van der Waals surface area contributed by atoms with Crippen LogP contribution in [0.4, 0.5) is 0 Å². The Labute approximate surface area is 142 Å². The minimum absolute atomic E-state index is 0.269. The zero-order valence-corrected chi connectivity index (χ0v) is 14.7. The molecule has 6 heteroatoms. The number of nitrogens with zero attached hydrogens (tertiary/aromatic N) is 2. The molecule has 1 aromatic carbocycles. The molecule has 0 saturated carbocycles. The first-order chi connectivity index (χ1) is 10.9. The number of aryl methyl sites for hydroxylation is 1. The Morgan fingerprint density at radius 1 is 1.17 bits per heavy atom. The van der Waals surface area contributed by atoms with Gasteiger partial charge in [0, 0.05) is 19.3 Å². The maximum absolute atomic E-state index is 13.0. The third kappa shape index (κ3) is 3.22. The largest absolute Gasteiger partial charge is 0.302 e. The van der Waals surface area contributed by atoms with Gasteiger partial charge in [0.25, 0.3) is 10.0 Å². The molecule has 0 aliphatic carbocycles. The topological polar surface area (TPSA) is 42.3 Å². The van der Waals surface area contributed by atoms with Crippen molar-refractivity contribution in [3.8, 4) is 0 Å². The third-order valence-corrected chi connectivity index (χ3v) is 5.97. The van der Waals surface area contributed by atoms with E-state index in [0.29, 0.717) is 10.7 Å². The summed E-state index contributed by atoms with van der Waals surface area (Å²) in [6, 6.07) is 8.58. The van der Waals surface area contributed by atoms with Crippen molar-refractivity contribution in [2.75, 3.05) is 20.1 Å². The summed E-state index contributed by atoms with van der Waals surface area (Å²) in [7, 11) is -1.61. The van der Waals surface area contributed by atoms with Crippen LogP contribution in [0.1, 0.15) is 17.7 Å². The van der Waals surface area contributed by atoms with Crippen molar-refractivity contribution in [2.45, 2.75) is 18.2 Å². The number of likely N-dealkylation sites (N-methyl/N-ethyl adjacent to an activating group) is 1. The number of rotatable bonds is 3. The molecule has 2 aromatic rings. The molecule has 0 atom stereocenters. The smallest absolute Gasteiger partial charge is 0.268 e. The van der Waals surface area contributed by atoms with E-state index in [9.17, 15) is 8.42 Å². The lowest BCUT2D eigenvalue weighted by Gasteiger charge is -2.22. The predicted octanol–water partition coefficient (Wildman–Crippen LogP) is 3.41. The Hall–Kier alpha value is -1.56. The monoisotopic (exact) mass is 350 g/mol. The van der Waals surface area contributed by atoms with Crippen molar-refractivity contribution in [1.29, 1.82) is 0 Å². The van der Waals surface area contributed by atoms with Crippen LogP contribution in [-0.4, -0.2) is 37.4 Å². The van der Waals surface area contributed by atoms with Crippen LogP contribution in [0.2, 0.25) is 5.02 Å². The number of aromatic nitrogens is 1. The number of halogens is 1. The highest BCUT2D eigenvalue weighted by molar-refractivity contribution is 7.90. The second kappa shape index (κ2) is 6.15. The van der Waals surface area contributed by atoms with Gasteiger partial charge in [0.2, 0.25) is 0 Å². The molecule has 0 N–H and O–H groups in total. The maximum Gasteiger partial charge on any atom is 0.268 e. The molecule has 0 unspecified atom stereocenters. The van der Waals surface area contributed by atoms with Gasteiger partial charge >= 0.3 is 0 Å². The average molecular weight is 351 g/mol. The minimum Gasteiger partial charge on any atom is -0.302 e. The van der Waals surface area contributed by atoms with E-state index in [4.69, 9.17) is 11.6 Å². The summed E-state index contributed by atoms with van der Waals surface area (Å²) in [5.74, 6) is 0. The number of benzene rings is 1. The van der Waals surface area contributed by atoms with Gasteiger partial charge in [-0.25, -0.2) is 12.4 Å². The quantitative estimate of drug-likeness (QED) is 0.852. The standard InChI is InChI=1S/C17H19ClN2O2S/c1-13-3-5-16(6-4-13)23(21,22)20-12-15(18)11-17(20)14-7-9-19(2)10-8-14/h3-7,11-12H,8-10H2,1-2H3. The Balaban J connectivity index is 2.08. The molecule has 0 amide bonds. The van der Waals surface area contributed by atoms with Crippen LogP contribution in [0, 0.1) is 6.92 Å². The molecule has 1 aliphatic rings. The fourth-order valence-corrected chi connectivity index (χ4v) is 4.32. The molecule has 2 heterocycles. The van der Waals surface area contributed by atoms with Gasteiger partial charge in [-0.05, 0) is 44.2 Å². The third-order valence-electron chi connectivity index (χ3n) is 4.07. The Morgan fingerprint density at radius 2 is 1.87 bits per heavy atom. The van der Waals surface area contributed by atoms with Gasteiger partial charge < -0.3 is 4.90 Å². The van der Waals surface area contributed by atoms with Crippen molar-refractivity contribution in [1.82, 2.24) is 8.87 Å². The van der Waals surface area contributed by atoms with E-state index in [0.717, 1.165) is 30.6 Å². The van der Waals surface area contributed by atoms with Crippen LogP contribution in [0.25, 0.3) is 5.57 Å². The molecular weight excluding hydrogens is 332 g/mol. The molecular formula is C17H19ClN2O2S. The van der Waals surface area contributed by atoms with Crippen molar-refractivity contribution >= 4 is 27.2 Å². The normalized spacial score (nSPS) is 16.4. The van der Waals surface area contributed by atoms with Crippen LogP contribution < -0.4 is 0 Å². The fraction of sp³-hybridized carbons (Fsp3) is 0.294. The number of hydrogen-bond donors (Lipinski definition) is 0. The lowest BCUT2D eigenvalue weighted by molar-refractivity contribution is 0.369. The van der Waals surface area contributed by atoms with Crippen LogP contribution in [0.3, 0.4) is 0 Å². The van der Waals surface area contributed by atoms with Crippen LogP contribution in [-0.2, 0) is 10.0 Å². The van der Waals surface area contributed by atoms with Crippen molar-refractivity contribution < 1.29 is 8.42 Å². The van der Waals surface area contributed by atoms with Gasteiger partial charge in [0.1, 0.15) is 0 Å². The SMILES string of the molecule is Cc1ccc(S(=O)(=O)n2cc(Cl)cc2C2=CCN(C)CC2)cc1. The molecule has 1 aliphatic heterocycles. The minimum atomic E-state index is -3.65. The molecule has 1 aromatic heterocycles. The summed E-state index contributed by atoms with van der Waals surface area (Å²) in [4.78, 5) is 2.46. The molecule has 0 spiro atoms. The molecule has 4 nitrogen and oxygen atoms in total. The zero-order valence-electron chi connectivity index (χ0n) is 13.2. The van der Waals surface area contributed by atoms with Crippen LogP contribution in [0.5, 0.6) is 0 Å². The molecule has 0 radical (unpaired) electrons. The van der Waals surface area contributed by atoms with E-state index < -0.39 is 10.0 Å². The van der Waals surface area contributed by atoms with Gasteiger partial charge in [0.15, 0.2) is 0 Å². The first-order valence-corrected chi connectivity index (χ1v) is 9.28. The van der Waals surface area contributed by atoms with E-state index in [1.54, 1.807) is 30.3 Å². The summed E-state index contributed by atoms with van der Waals surface area (Å²) < 4.78 is 27.2. The van der Waals surface area contributed by atoms with E-state index in [2.05, 4.69) is 11.0 Å². The second-order valence-corrected chi connectivity index (χ2v) is 8.15. The summed E-state index contributed by atoms with van der Waals surface area (Å²) in [5.41, 5.74) is 2.70. The predicted molar refractivity (Wildman–Crippen MR) is 93.3 cm³/mol. The van der Waals surface area contributed by atoms with E-state index in [-0.39, 0.29) is 4.90 Å². The Bertz CT molecular complexity index is 851. The number of hydrogen-bond acceptors (Lipinski definition) is 3. The van der Waals surface area contributed by atoms with Gasteiger partial charge in [-0.2, -0.15) is 0 Å². The van der Waals surface area contributed by atoms with Crippen molar-refractivity contribution in [2.24, 2.45) is 0 Å². The molecule has 0 bridgehead atoms. The summed E-state index contributed by atoms with van der Waals surface area (Å²) >= 11 is 6.11. The van der Waals surface area contributed by atoms with Gasteiger partial charge in [0.05, 0.1) is 15.6 Å². The van der Waals surface area contributed by atoms with Crippen molar-refractivity contribution in [3.63, 3.8) is 0 Å². The molecule has 122 valence electrons. The summed E-state index contributed by atoms with van der Waals surface area (Å²) in [6.45, 7) is 3.64. The highest BCUT2D eigenvalue weighted by atomic mass is 35.5. The molecule has 23 heavy (non-hydrogen) atoms. The van der Waals surface area contributed by atoms with E-state index in [1.165, 1.54) is 10.2 Å². The van der Waals surface area contributed by atoms with Gasteiger partial charge in [-0.3, -0.25) is 0 Å². The highest BCUT2D eigenvalue weighted by Crippen LogP contribution is 2.29. The van der Waals surface area contributed by atoms with Gasteiger partial charge in [-0.1, -0.05) is 35.4 Å². The highest BCUT2D eigenvalue weighted by Gasteiger charge is 2.23. The first kappa shape index (κ1) is 16.3. The average Bonchev–Trinajstić information content (AvgIpc) is 2.91. The maximum atomic E-state index is 13.0. The zero-order chi connectivity index (χ0) is 16.6. The Morgan fingerprint density at radius 3 is 2.48 bits per heavy atom. The lowest BCUT2D eigenvalue weighted by Crippen LogP contribution is -2.25. The van der Waals surface area contributed by atoms with E-state index >= 15 is 0 Å². The molecule has 0 saturated heterocycles. The van der Waals surface area contributed by atoms with Crippen molar-refractivity contribution in [3.05, 3.63) is 58.9 Å². The van der Waals surface area contributed by atoms with E-state index in [1.807, 2.05) is 14.0 Å². The van der Waals surface area contributed by atoms with Crippen LogP contribution >= 0.6 is 11.6 Å². The molecule has 3 rings (SSSR count). The second-order valence-electron chi connectivity index (χ2n) is 5.90. The Kier molecular flexibility index (Phi) is 4.36. The summed E-state index contributed by atoms with van der Waals surface area (Å²) in [5, 5.41) is 0.426. The molecule has 0 fully saturated rings.